The van der Waals surface area contributed by atoms with Crippen LogP contribution in [-0.2, 0) is 25.5 Å². The highest BCUT2D eigenvalue weighted by Crippen LogP contribution is 2.44. The van der Waals surface area contributed by atoms with E-state index in [0.29, 0.717) is 105 Å². The van der Waals surface area contributed by atoms with E-state index in [9.17, 15) is 28.0 Å². The lowest BCUT2D eigenvalue weighted by atomic mass is 9.64. The van der Waals surface area contributed by atoms with Gasteiger partial charge in [-0.25, -0.2) is 8.78 Å². The second kappa shape index (κ2) is 17.9. The van der Waals surface area contributed by atoms with Crippen LogP contribution >= 0.6 is 0 Å². The second-order valence-electron chi connectivity index (χ2n) is 18.3. The first-order valence-electron chi connectivity index (χ1n) is 22.7. The summed E-state index contributed by atoms with van der Waals surface area (Å²) in [4.78, 5) is 58.4. The quantitative estimate of drug-likeness (QED) is 0.0937. The molecule has 4 amide bonds. The van der Waals surface area contributed by atoms with Gasteiger partial charge in [0.15, 0.2) is 5.82 Å². The molecule has 4 aromatic carbocycles. The number of carbonyl (C=O) groups excluding carboxylic acids is 4. The first kappa shape index (κ1) is 42.6. The van der Waals surface area contributed by atoms with Crippen LogP contribution in [0.15, 0.2) is 78.9 Å². The van der Waals surface area contributed by atoms with Crippen molar-refractivity contribution in [1.82, 2.24) is 25.3 Å². The van der Waals surface area contributed by atoms with Crippen molar-refractivity contribution in [2.75, 3.05) is 79.9 Å². The summed E-state index contributed by atoms with van der Waals surface area (Å²) in [5.41, 5.74) is 5.61. The minimum Gasteiger partial charge on any atom is -0.381 e. The number of ether oxygens (including phenoxy) is 1. The Balaban J connectivity index is 0.738. The van der Waals surface area contributed by atoms with Crippen molar-refractivity contribution in [1.29, 1.82) is 0 Å². The molecule has 14 nitrogen and oxygen atoms in total. The summed E-state index contributed by atoms with van der Waals surface area (Å²) in [6, 6.07) is 23.3. The molecule has 5 saturated heterocycles. The molecule has 0 radical (unpaired) electrons. The molecule has 0 atom stereocenters. The summed E-state index contributed by atoms with van der Waals surface area (Å²) in [5, 5.41) is 20.5. The second-order valence-corrected chi connectivity index (χ2v) is 18.3. The highest BCUT2D eigenvalue weighted by Gasteiger charge is 2.57. The van der Waals surface area contributed by atoms with Crippen LogP contribution in [0.5, 0.6) is 0 Å². The molecule has 6 heterocycles. The molecule has 6 fully saturated rings. The van der Waals surface area contributed by atoms with Crippen LogP contribution in [0, 0.1) is 17.6 Å². The van der Waals surface area contributed by atoms with Gasteiger partial charge in [-0.2, -0.15) is 5.10 Å². The average molecular weight is 886 g/mol. The number of hydrogen-bond donors (Lipinski definition) is 5. The third kappa shape index (κ3) is 9.14. The summed E-state index contributed by atoms with van der Waals surface area (Å²) < 4.78 is 33.4. The maximum atomic E-state index is 14.0. The fourth-order valence-electron chi connectivity index (χ4n) is 10.2. The zero-order valence-corrected chi connectivity index (χ0v) is 36.1. The molecule has 16 heteroatoms. The number of carbonyl (C=O) groups is 4. The third-order valence-electron chi connectivity index (χ3n) is 14.0. The van der Waals surface area contributed by atoms with E-state index in [4.69, 9.17) is 4.74 Å². The van der Waals surface area contributed by atoms with E-state index in [1.54, 1.807) is 0 Å². The monoisotopic (exact) mass is 885 g/mol. The summed E-state index contributed by atoms with van der Waals surface area (Å²) in [6.07, 6.45) is 4.94. The van der Waals surface area contributed by atoms with Crippen LogP contribution in [0.25, 0.3) is 10.9 Å². The molecule has 65 heavy (non-hydrogen) atoms. The van der Waals surface area contributed by atoms with E-state index in [2.05, 4.69) is 53.4 Å². The lowest BCUT2D eigenvalue weighted by molar-refractivity contribution is -0.149. The minimum atomic E-state index is -0.685. The Bertz CT molecular complexity index is 2590. The number of H-pyrrole nitrogens is 1. The highest BCUT2D eigenvalue weighted by molar-refractivity contribution is 6.11. The van der Waals surface area contributed by atoms with Gasteiger partial charge in [0.1, 0.15) is 17.2 Å². The van der Waals surface area contributed by atoms with Crippen LogP contribution in [0.1, 0.15) is 71.5 Å². The Morgan fingerprint density at radius 2 is 1.54 bits per heavy atom. The standard InChI is InChI=1S/C49H53F2N9O5/c50-35-22-31(23-36(51)25-35)21-30-1-8-42-41(24-30)45(57-56-42)53-47(63)40-7-6-39(26-43(40)52-37-11-19-65-20-12-37)59-15-17-60(18-16-59)44(61)29-58-13-9-33(10-14-58)32-2-4-38(5-3-32)55-49-27-34(28-49)46(62)54-48(49)64/h1-8,22-26,33-34,37,52,55H,9-21,27-29H2,(H,54,62,64)(H2,53,56,57,63). The van der Waals surface area contributed by atoms with Gasteiger partial charge in [-0.3, -0.25) is 34.5 Å². The molecule has 1 aromatic heterocycles. The number of imide groups is 1. The first-order chi connectivity index (χ1) is 31.5. The van der Waals surface area contributed by atoms with Gasteiger partial charge in [-0.05, 0) is 135 Å². The fraction of sp³-hybridized carbons (Fsp3) is 0.408. The van der Waals surface area contributed by atoms with Crippen LogP contribution in [0.4, 0.5) is 31.7 Å². The maximum absolute atomic E-state index is 14.0. The molecule has 6 aliphatic rings. The number of halogens is 2. The van der Waals surface area contributed by atoms with Crippen LogP contribution in [0.2, 0.25) is 0 Å². The van der Waals surface area contributed by atoms with Gasteiger partial charge in [0, 0.05) is 79.9 Å². The third-order valence-corrected chi connectivity index (χ3v) is 14.0. The smallest absolute Gasteiger partial charge is 0.258 e. The molecule has 0 unspecified atom stereocenters. The molecule has 2 bridgehead atoms. The lowest BCUT2D eigenvalue weighted by Gasteiger charge is -2.50. The van der Waals surface area contributed by atoms with Crippen LogP contribution in [0.3, 0.4) is 0 Å². The number of amides is 4. The molecule has 1 saturated carbocycles. The van der Waals surface area contributed by atoms with E-state index in [1.807, 2.05) is 53.4 Å². The van der Waals surface area contributed by atoms with Crippen molar-refractivity contribution in [3.05, 3.63) is 113 Å². The van der Waals surface area contributed by atoms with Crippen molar-refractivity contribution < 1.29 is 32.7 Å². The van der Waals surface area contributed by atoms with Gasteiger partial charge in [-0.1, -0.05) is 18.2 Å². The van der Waals surface area contributed by atoms with Crippen LogP contribution < -0.4 is 26.2 Å². The van der Waals surface area contributed by atoms with Gasteiger partial charge in [0.05, 0.1) is 17.6 Å². The van der Waals surface area contributed by atoms with Crippen molar-refractivity contribution in [2.24, 2.45) is 5.92 Å². The number of nitrogens with zero attached hydrogens (tertiary/aromatic N) is 4. The molecule has 11 rings (SSSR count). The van der Waals surface area contributed by atoms with E-state index < -0.39 is 17.2 Å². The zero-order valence-electron chi connectivity index (χ0n) is 36.1. The number of hydrogen-bond acceptors (Lipinski definition) is 10. The van der Waals surface area contributed by atoms with E-state index >= 15 is 0 Å². The summed E-state index contributed by atoms with van der Waals surface area (Å²) >= 11 is 0. The number of fused-ring (bicyclic) bond motifs is 3. The van der Waals surface area contributed by atoms with Gasteiger partial charge in [0.25, 0.3) is 11.8 Å². The fourth-order valence-corrected chi connectivity index (χ4v) is 10.2. The number of piperazine rings is 1. The van der Waals surface area contributed by atoms with Crippen molar-refractivity contribution in [3.8, 4) is 0 Å². The predicted molar refractivity (Wildman–Crippen MR) is 243 cm³/mol. The van der Waals surface area contributed by atoms with Gasteiger partial charge in [-0.15, -0.1) is 0 Å². The average Bonchev–Trinajstić information content (AvgIpc) is 3.68. The molecular weight excluding hydrogens is 833 g/mol. The number of anilines is 4. The molecule has 338 valence electrons. The number of likely N-dealkylation sites (tertiary alicyclic amines) is 1. The largest absolute Gasteiger partial charge is 0.381 e. The molecule has 0 spiro atoms. The van der Waals surface area contributed by atoms with Gasteiger partial charge < -0.3 is 30.5 Å². The normalized spacial score (nSPS) is 21.8. The highest BCUT2D eigenvalue weighted by atomic mass is 19.1. The first-order valence-corrected chi connectivity index (χ1v) is 22.7. The predicted octanol–water partition coefficient (Wildman–Crippen LogP) is 6.02. The number of benzene rings is 4. The van der Waals surface area contributed by atoms with Crippen molar-refractivity contribution in [3.63, 3.8) is 0 Å². The summed E-state index contributed by atoms with van der Waals surface area (Å²) in [7, 11) is 0. The molecule has 5 aliphatic heterocycles. The number of rotatable bonds is 12. The van der Waals surface area contributed by atoms with Crippen molar-refractivity contribution >= 4 is 57.4 Å². The molecule has 1 aliphatic carbocycles. The van der Waals surface area contributed by atoms with Gasteiger partial charge >= 0.3 is 0 Å². The van der Waals surface area contributed by atoms with E-state index in [-0.39, 0.29) is 35.6 Å². The lowest BCUT2D eigenvalue weighted by Crippen LogP contribution is -2.69. The number of nitrogens with one attached hydrogen (secondary N) is 5. The van der Waals surface area contributed by atoms with E-state index in [0.717, 1.165) is 61.8 Å². The summed E-state index contributed by atoms with van der Waals surface area (Å²) in [5.74, 6) is -1.19. The molecular formula is C49H53F2N9O5. The SMILES string of the molecule is O=C(Nc1n[nH]c2ccc(Cc3cc(F)cc(F)c3)cc12)c1ccc(N2CCN(C(=O)CN3CCC(c4ccc(NC56CC(C5)C(=O)NC6=O)cc4)CC3)CC2)cc1NC1CCOCC1. The van der Waals surface area contributed by atoms with Gasteiger partial charge in [0.2, 0.25) is 11.8 Å². The van der Waals surface area contributed by atoms with Crippen molar-refractivity contribution in [2.45, 2.75) is 62.4 Å². The maximum Gasteiger partial charge on any atom is 0.258 e. The molecule has 5 aromatic rings. The number of aromatic amines is 1. The number of aromatic nitrogens is 2. The van der Waals surface area contributed by atoms with E-state index in [1.165, 1.54) is 17.7 Å². The van der Waals surface area contributed by atoms with Crippen LogP contribution in [-0.4, -0.2) is 114 Å². The summed E-state index contributed by atoms with van der Waals surface area (Å²) in [6.45, 7) is 5.88. The zero-order chi connectivity index (χ0) is 44.7. The Kier molecular flexibility index (Phi) is 11.7. The number of piperidine rings is 3. The Morgan fingerprint density at radius 3 is 2.26 bits per heavy atom. The Morgan fingerprint density at radius 1 is 0.800 bits per heavy atom. The Hall–Kier alpha value is -6.39. The minimum absolute atomic E-state index is 0.0830. The topological polar surface area (TPSA) is 164 Å². The Labute approximate surface area is 375 Å². The molecule has 5 N–H and O–H groups in total.